The largest absolute Gasteiger partial charge is 0.342 e. The van der Waals surface area contributed by atoms with Crippen LogP contribution >= 0.6 is 11.3 Å². The molecule has 31 heavy (non-hydrogen) atoms. The summed E-state index contributed by atoms with van der Waals surface area (Å²) in [5.41, 5.74) is 2.87. The van der Waals surface area contributed by atoms with Gasteiger partial charge in [0.25, 0.3) is 11.8 Å². The van der Waals surface area contributed by atoms with Crippen LogP contribution in [0.2, 0.25) is 0 Å². The van der Waals surface area contributed by atoms with Gasteiger partial charge in [-0.1, -0.05) is 44.5 Å². The Morgan fingerprint density at radius 1 is 1.06 bits per heavy atom. The van der Waals surface area contributed by atoms with E-state index >= 15 is 0 Å². The van der Waals surface area contributed by atoms with Crippen LogP contribution in [0, 0.1) is 5.92 Å². The fourth-order valence-corrected chi connectivity index (χ4v) is 4.02. The van der Waals surface area contributed by atoms with Crippen molar-refractivity contribution in [3.8, 4) is 0 Å². The molecule has 0 aliphatic carbocycles. The molecule has 2 atom stereocenters. The Kier molecular flexibility index (Phi) is 6.13. The molecule has 7 heteroatoms. The Morgan fingerprint density at radius 3 is 2.65 bits per heavy atom. The van der Waals surface area contributed by atoms with Gasteiger partial charge < -0.3 is 15.6 Å². The number of hydrogen-bond donors (Lipinski definition) is 3. The van der Waals surface area contributed by atoms with Crippen LogP contribution in [-0.2, 0) is 0 Å². The number of nitrogens with one attached hydrogen (secondary N) is 3. The van der Waals surface area contributed by atoms with Gasteiger partial charge in [-0.25, -0.2) is 4.98 Å². The van der Waals surface area contributed by atoms with Crippen molar-refractivity contribution in [1.29, 1.82) is 0 Å². The first-order valence-corrected chi connectivity index (χ1v) is 11.1. The number of imidazole rings is 1. The fraction of sp³-hybridized carbons (Fsp3) is 0.208. The van der Waals surface area contributed by atoms with Crippen molar-refractivity contribution < 1.29 is 9.59 Å². The zero-order chi connectivity index (χ0) is 21.8. The van der Waals surface area contributed by atoms with Crippen LogP contribution < -0.4 is 10.6 Å². The molecule has 4 rings (SSSR count). The SMILES string of the molecule is CCC(C)C(NC(=O)c1cccc(NC(=O)c2cccs2)c1)c1nc2ccccc2[nH]1. The van der Waals surface area contributed by atoms with E-state index in [4.69, 9.17) is 0 Å². The highest BCUT2D eigenvalue weighted by Crippen LogP contribution is 2.25. The lowest BCUT2D eigenvalue weighted by molar-refractivity contribution is 0.0919. The molecule has 0 radical (unpaired) electrons. The Labute approximate surface area is 184 Å². The minimum Gasteiger partial charge on any atom is -0.342 e. The minimum atomic E-state index is -0.255. The Bertz CT molecular complexity index is 1170. The molecule has 2 unspecified atom stereocenters. The first-order valence-electron chi connectivity index (χ1n) is 10.3. The van der Waals surface area contributed by atoms with Crippen molar-refractivity contribution in [2.24, 2.45) is 5.92 Å². The van der Waals surface area contributed by atoms with Gasteiger partial charge in [0, 0.05) is 11.3 Å². The van der Waals surface area contributed by atoms with Gasteiger partial charge >= 0.3 is 0 Å². The second-order valence-electron chi connectivity index (χ2n) is 7.49. The number of benzene rings is 2. The van der Waals surface area contributed by atoms with Gasteiger partial charge in [-0.3, -0.25) is 9.59 Å². The summed E-state index contributed by atoms with van der Waals surface area (Å²) in [6.07, 6.45) is 0.888. The molecule has 158 valence electrons. The van der Waals surface area contributed by atoms with Crippen molar-refractivity contribution in [3.05, 3.63) is 82.3 Å². The van der Waals surface area contributed by atoms with E-state index in [0.29, 0.717) is 16.1 Å². The number of hydrogen-bond acceptors (Lipinski definition) is 4. The van der Waals surface area contributed by atoms with E-state index < -0.39 is 0 Å². The Hall–Kier alpha value is -3.45. The summed E-state index contributed by atoms with van der Waals surface area (Å²) in [5.74, 6) is 0.530. The summed E-state index contributed by atoms with van der Waals surface area (Å²) >= 11 is 1.37. The van der Waals surface area contributed by atoms with E-state index in [-0.39, 0.29) is 23.8 Å². The number of amides is 2. The highest BCUT2D eigenvalue weighted by atomic mass is 32.1. The number of carbonyl (C=O) groups excluding carboxylic acids is 2. The molecule has 2 heterocycles. The van der Waals surface area contributed by atoms with Crippen LogP contribution in [0.3, 0.4) is 0 Å². The molecular weight excluding hydrogens is 408 g/mol. The summed E-state index contributed by atoms with van der Waals surface area (Å²) in [4.78, 5) is 34.0. The minimum absolute atomic E-state index is 0.186. The van der Waals surface area contributed by atoms with Crippen LogP contribution in [0.25, 0.3) is 11.0 Å². The first-order chi connectivity index (χ1) is 15.0. The molecule has 2 aromatic carbocycles. The number of aromatic amines is 1. The van der Waals surface area contributed by atoms with Gasteiger partial charge in [0.2, 0.25) is 0 Å². The number of aromatic nitrogens is 2. The molecule has 0 aliphatic heterocycles. The molecule has 6 nitrogen and oxygen atoms in total. The quantitative estimate of drug-likeness (QED) is 0.366. The Morgan fingerprint density at radius 2 is 1.90 bits per heavy atom. The van der Waals surface area contributed by atoms with Gasteiger partial charge in [0.1, 0.15) is 5.82 Å². The van der Waals surface area contributed by atoms with Gasteiger partial charge in [0.15, 0.2) is 0 Å². The molecule has 0 spiro atoms. The van der Waals surface area contributed by atoms with Crippen LogP contribution in [0.5, 0.6) is 0 Å². The number of nitrogens with zero attached hydrogens (tertiary/aromatic N) is 1. The monoisotopic (exact) mass is 432 g/mol. The summed E-state index contributed by atoms with van der Waals surface area (Å²) in [6.45, 7) is 4.18. The molecule has 2 aromatic heterocycles. The number of carbonyl (C=O) groups is 2. The van der Waals surface area contributed by atoms with Crippen molar-refractivity contribution in [1.82, 2.24) is 15.3 Å². The molecular formula is C24H24N4O2S. The fourth-order valence-electron chi connectivity index (χ4n) is 3.40. The van der Waals surface area contributed by atoms with E-state index in [1.165, 1.54) is 11.3 Å². The third kappa shape index (κ3) is 4.67. The van der Waals surface area contributed by atoms with Crippen LogP contribution in [-0.4, -0.2) is 21.8 Å². The number of para-hydroxylation sites is 2. The predicted molar refractivity (Wildman–Crippen MR) is 124 cm³/mol. The third-order valence-electron chi connectivity index (χ3n) is 5.33. The second-order valence-corrected chi connectivity index (χ2v) is 8.44. The maximum absolute atomic E-state index is 13.1. The molecule has 3 N–H and O–H groups in total. The van der Waals surface area contributed by atoms with Crippen molar-refractivity contribution in [2.45, 2.75) is 26.3 Å². The molecule has 0 bridgehead atoms. The first kappa shape index (κ1) is 20.8. The van der Waals surface area contributed by atoms with Crippen molar-refractivity contribution in [2.75, 3.05) is 5.32 Å². The molecule has 0 aliphatic rings. The van der Waals surface area contributed by atoms with Gasteiger partial charge in [0.05, 0.1) is 22.0 Å². The van der Waals surface area contributed by atoms with Gasteiger partial charge in [-0.05, 0) is 47.7 Å². The normalized spacial score (nSPS) is 13.0. The lowest BCUT2D eigenvalue weighted by Gasteiger charge is -2.22. The average Bonchev–Trinajstić information content (AvgIpc) is 3.47. The zero-order valence-corrected chi connectivity index (χ0v) is 18.2. The van der Waals surface area contributed by atoms with Crippen LogP contribution in [0.1, 0.15) is 52.2 Å². The van der Waals surface area contributed by atoms with E-state index in [9.17, 15) is 9.59 Å². The summed E-state index contributed by atoms with van der Waals surface area (Å²) in [6, 6.07) is 18.1. The molecule has 2 amide bonds. The average molecular weight is 433 g/mol. The van der Waals surface area contributed by atoms with E-state index in [0.717, 1.165) is 23.3 Å². The lowest BCUT2D eigenvalue weighted by atomic mass is 9.98. The van der Waals surface area contributed by atoms with Gasteiger partial charge in [-0.15, -0.1) is 11.3 Å². The predicted octanol–water partition coefficient (Wildman–Crippen LogP) is 5.39. The summed E-state index contributed by atoms with van der Waals surface area (Å²) < 4.78 is 0. The second kappa shape index (κ2) is 9.14. The van der Waals surface area contributed by atoms with E-state index in [1.54, 1.807) is 30.3 Å². The summed E-state index contributed by atoms with van der Waals surface area (Å²) in [5, 5.41) is 7.83. The lowest BCUT2D eigenvalue weighted by Crippen LogP contribution is -2.33. The highest BCUT2D eigenvalue weighted by Gasteiger charge is 2.24. The smallest absolute Gasteiger partial charge is 0.265 e. The number of H-pyrrole nitrogens is 1. The maximum atomic E-state index is 13.1. The molecule has 0 fully saturated rings. The zero-order valence-electron chi connectivity index (χ0n) is 17.4. The molecule has 4 aromatic rings. The summed E-state index contributed by atoms with van der Waals surface area (Å²) in [7, 11) is 0. The van der Waals surface area contributed by atoms with E-state index in [1.807, 2.05) is 35.7 Å². The molecule has 0 saturated carbocycles. The van der Waals surface area contributed by atoms with Crippen molar-refractivity contribution >= 4 is 39.9 Å². The van der Waals surface area contributed by atoms with Crippen molar-refractivity contribution in [3.63, 3.8) is 0 Å². The Balaban J connectivity index is 1.54. The third-order valence-corrected chi connectivity index (χ3v) is 6.20. The number of rotatable bonds is 7. The van der Waals surface area contributed by atoms with Gasteiger partial charge in [-0.2, -0.15) is 0 Å². The van der Waals surface area contributed by atoms with Crippen LogP contribution in [0.15, 0.2) is 66.0 Å². The number of fused-ring (bicyclic) bond motifs is 1. The topological polar surface area (TPSA) is 86.9 Å². The van der Waals surface area contributed by atoms with E-state index in [2.05, 4.69) is 34.4 Å². The maximum Gasteiger partial charge on any atom is 0.265 e. The standard InChI is InChI=1S/C24H24N4O2S/c1-3-15(2)21(22-26-18-10-4-5-11-19(18)27-22)28-23(29)16-8-6-9-17(14-16)25-24(30)20-12-7-13-31-20/h4-15,21H,3H2,1-2H3,(H,25,30)(H,26,27)(H,28,29). The number of anilines is 1. The molecule has 0 saturated heterocycles. The number of thiophene rings is 1. The highest BCUT2D eigenvalue weighted by molar-refractivity contribution is 7.12. The van der Waals surface area contributed by atoms with Crippen LogP contribution in [0.4, 0.5) is 5.69 Å².